The van der Waals surface area contributed by atoms with E-state index in [1.54, 1.807) is 7.11 Å². The molecule has 1 aromatic rings. The van der Waals surface area contributed by atoms with E-state index in [0.717, 1.165) is 25.4 Å². The summed E-state index contributed by atoms with van der Waals surface area (Å²) >= 11 is 0. The molecule has 1 heterocycles. The molecule has 3 rings (SSSR count). The molecule has 1 aliphatic carbocycles. The predicted molar refractivity (Wildman–Crippen MR) is 113 cm³/mol. The van der Waals surface area contributed by atoms with Gasteiger partial charge in [-0.1, -0.05) is 50.1 Å². The minimum Gasteiger partial charge on any atom is -0.497 e. The van der Waals surface area contributed by atoms with Crippen molar-refractivity contribution in [3.8, 4) is 5.75 Å². The summed E-state index contributed by atoms with van der Waals surface area (Å²) in [6, 6.07) is 8.24. The molecule has 1 saturated carbocycles. The monoisotopic (exact) mass is 367 g/mol. The number of ether oxygens (including phenoxy) is 1. The summed E-state index contributed by atoms with van der Waals surface area (Å²) in [4.78, 5) is 7.64. The molecule has 2 aliphatic rings. The summed E-state index contributed by atoms with van der Waals surface area (Å²) in [5, 5.41) is 3.84. The third-order valence-electron chi connectivity index (χ3n) is 5.86. The number of hydrogen-bond acceptors (Lipinski definition) is 3. The van der Waals surface area contributed by atoms with E-state index >= 15 is 0 Å². The topological polar surface area (TPSA) is 36.9 Å². The summed E-state index contributed by atoms with van der Waals surface area (Å²) in [6.07, 6.45) is 10.4. The highest BCUT2D eigenvalue weighted by molar-refractivity contribution is 5.92. The number of rotatable bonds is 6. The zero-order valence-electron chi connectivity index (χ0n) is 16.8. The highest BCUT2D eigenvalue weighted by Crippen LogP contribution is 2.33. The Hall–Kier alpha value is -2.07. The van der Waals surface area contributed by atoms with Gasteiger partial charge in [0.05, 0.1) is 19.2 Å². The molecule has 1 N–H and O–H groups in total. The van der Waals surface area contributed by atoms with Gasteiger partial charge in [-0.3, -0.25) is 4.99 Å². The van der Waals surface area contributed by atoms with E-state index in [2.05, 4.69) is 41.9 Å². The van der Waals surface area contributed by atoms with Gasteiger partial charge < -0.3 is 15.0 Å². The Balaban J connectivity index is 1.86. The van der Waals surface area contributed by atoms with Crippen LogP contribution in [0.3, 0.4) is 0 Å². The molecular weight excluding hydrogens is 334 g/mol. The lowest BCUT2D eigenvalue weighted by molar-refractivity contribution is 0.237. The Bertz CT molecular complexity index is 679. The summed E-state index contributed by atoms with van der Waals surface area (Å²) in [5.41, 5.74) is 2.53. The molecule has 1 spiro atoms. The Morgan fingerprint density at radius 2 is 2.00 bits per heavy atom. The lowest BCUT2D eigenvalue weighted by Crippen LogP contribution is -2.65. The van der Waals surface area contributed by atoms with Gasteiger partial charge in [0, 0.05) is 19.6 Å². The maximum atomic E-state index is 5.27. The lowest BCUT2D eigenvalue weighted by Gasteiger charge is -2.48. The first-order chi connectivity index (χ1) is 13.2. The summed E-state index contributed by atoms with van der Waals surface area (Å²) in [6.45, 7) is 9.68. The van der Waals surface area contributed by atoms with Gasteiger partial charge in [0.25, 0.3) is 0 Å². The van der Waals surface area contributed by atoms with Crippen LogP contribution in [0.5, 0.6) is 5.75 Å². The number of nitrogens with one attached hydrogen (secondary N) is 1. The third-order valence-corrected chi connectivity index (χ3v) is 5.86. The Morgan fingerprint density at radius 3 is 2.63 bits per heavy atom. The minimum absolute atomic E-state index is 0.0446. The molecule has 0 unspecified atom stereocenters. The zero-order valence-corrected chi connectivity index (χ0v) is 16.8. The second-order valence-electron chi connectivity index (χ2n) is 7.55. The van der Waals surface area contributed by atoms with Crippen LogP contribution in [0.15, 0.2) is 53.6 Å². The summed E-state index contributed by atoms with van der Waals surface area (Å²) in [7, 11) is 1.70. The van der Waals surface area contributed by atoms with Crippen LogP contribution in [-0.4, -0.2) is 43.0 Å². The van der Waals surface area contributed by atoms with Crippen molar-refractivity contribution < 1.29 is 4.74 Å². The molecule has 0 amide bonds. The fourth-order valence-corrected chi connectivity index (χ4v) is 4.27. The van der Waals surface area contributed by atoms with Gasteiger partial charge in [0.15, 0.2) is 0 Å². The van der Waals surface area contributed by atoms with Crippen molar-refractivity contribution in [1.82, 2.24) is 10.2 Å². The molecule has 4 heteroatoms. The molecule has 2 fully saturated rings. The maximum absolute atomic E-state index is 5.27. The quantitative estimate of drug-likeness (QED) is 0.760. The van der Waals surface area contributed by atoms with Crippen LogP contribution in [-0.2, 0) is 6.54 Å². The van der Waals surface area contributed by atoms with E-state index in [0.29, 0.717) is 6.54 Å². The number of amidine groups is 1. The molecule has 0 radical (unpaired) electrons. The standard InChI is InChI=1S/C23H33N3O/c1-4-19(5-2)18-26-16-15-25-23(13-7-6-8-14-23)22(26)24-17-20-9-11-21(27-3)12-10-20/h4-5,9-12,25H,1,6-8,13-18H2,2-3H3/b19-5+,24-22?. The largest absolute Gasteiger partial charge is 0.497 e. The highest BCUT2D eigenvalue weighted by atomic mass is 16.5. The smallest absolute Gasteiger partial charge is 0.120 e. The Kier molecular flexibility index (Phi) is 6.73. The second-order valence-corrected chi connectivity index (χ2v) is 7.55. The van der Waals surface area contributed by atoms with E-state index < -0.39 is 0 Å². The number of nitrogens with zero attached hydrogens (tertiary/aromatic N) is 2. The van der Waals surface area contributed by atoms with Crippen LogP contribution in [0.25, 0.3) is 0 Å². The molecule has 146 valence electrons. The van der Waals surface area contributed by atoms with Crippen molar-refractivity contribution in [1.29, 1.82) is 0 Å². The average Bonchev–Trinajstić information content (AvgIpc) is 2.72. The summed E-state index contributed by atoms with van der Waals surface area (Å²) in [5.74, 6) is 2.13. The molecule has 0 bridgehead atoms. The predicted octanol–water partition coefficient (Wildman–Crippen LogP) is 4.33. The Labute approximate surface area is 164 Å². The van der Waals surface area contributed by atoms with Crippen LogP contribution in [0.2, 0.25) is 0 Å². The number of methoxy groups -OCH3 is 1. The van der Waals surface area contributed by atoms with Gasteiger partial charge in [0.1, 0.15) is 11.6 Å². The number of piperazine rings is 1. The number of allylic oxidation sites excluding steroid dienone is 1. The molecule has 27 heavy (non-hydrogen) atoms. The molecule has 1 aliphatic heterocycles. The molecule has 1 aromatic carbocycles. The first kappa shape index (κ1) is 19.7. The van der Waals surface area contributed by atoms with Crippen LogP contribution < -0.4 is 10.1 Å². The van der Waals surface area contributed by atoms with Crippen molar-refractivity contribution >= 4 is 5.84 Å². The SMILES string of the molecule is C=C/C(=C\C)CN1CCNC2(CCCCC2)C1=NCc1ccc(OC)cc1. The number of hydrogen-bond donors (Lipinski definition) is 1. The fraction of sp³-hybridized carbons (Fsp3) is 0.522. The van der Waals surface area contributed by atoms with Crippen molar-refractivity contribution in [2.45, 2.75) is 51.1 Å². The first-order valence-corrected chi connectivity index (χ1v) is 10.2. The van der Waals surface area contributed by atoms with E-state index in [1.165, 1.54) is 49.1 Å². The van der Waals surface area contributed by atoms with E-state index in [1.807, 2.05) is 18.2 Å². The van der Waals surface area contributed by atoms with Gasteiger partial charge in [-0.15, -0.1) is 0 Å². The Morgan fingerprint density at radius 1 is 1.26 bits per heavy atom. The fourth-order valence-electron chi connectivity index (χ4n) is 4.27. The van der Waals surface area contributed by atoms with Gasteiger partial charge in [-0.25, -0.2) is 0 Å². The lowest BCUT2D eigenvalue weighted by atomic mass is 9.79. The molecule has 4 nitrogen and oxygen atoms in total. The van der Waals surface area contributed by atoms with Crippen LogP contribution in [0.1, 0.15) is 44.6 Å². The van der Waals surface area contributed by atoms with Gasteiger partial charge >= 0.3 is 0 Å². The van der Waals surface area contributed by atoms with Gasteiger partial charge in [-0.05, 0) is 43.0 Å². The molecule has 0 atom stereocenters. The first-order valence-electron chi connectivity index (χ1n) is 10.2. The number of benzene rings is 1. The maximum Gasteiger partial charge on any atom is 0.120 e. The van der Waals surface area contributed by atoms with Crippen molar-refractivity contribution in [3.63, 3.8) is 0 Å². The average molecular weight is 368 g/mol. The van der Waals surface area contributed by atoms with Crippen molar-refractivity contribution in [3.05, 3.63) is 54.1 Å². The molecule has 0 aromatic heterocycles. The summed E-state index contributed by atoms with van der Waals surface area (Å²) < 4.78 is 5.27. The van der Waals surface area contributed by atoms with E-state index in [-0.39, 0.29) is 5.54 Å². The van der Waals surface area contributed by atoms with Crippen molar-refractivity contribution in [2.24, 2.45) is 4.99 Å². The normalized spacial score (nSPS) is 21.5. The van der Waals surface area contributed by atoms with Crippen LogP contribution >= 0.6 is 0 Å². The number of aliphatic imine (C=N–C) groups is 1. The molecular formula is C23H33N3O. The van der Waals surface area contributed by atoms with Gasteiger partial charge in [-0.2, -0.15) is 0 Å². The molecule has 1 saturated heterocycles. The minimum atomic E-state index is 0.0446. The van der Waals surface area contributed by atoms with Crippen LogP contribution in [0, 0.1) is 0 Å². The van der Waals surface area contributed by atoms with E-state index in [4.69, 9.17) is 9.73 Å². The second kappa shape index (κ2) is 9.23. The van der Waals surface area contributed by atoms with E-state index in [9.17, 15) is 0 Å². The highest BCUT2D eigenvalue weighted by Gasteiger charge is 2.42. The van der Waals surface area contributed by atoms with Gasteiger partial charge in [0.2, 0.25) is 0 Å². The van der Waals surface area contributed by atoms with Crippen molar-refractivity contribution in [2.75, 3.05) is 26.7 Å². The third kappa shape index (κ3) is 4.62. The zero-order chi connectivity index (χ0) is 19.1. The van der Waals surface area contributed by atoms with Crippen LogP contribution in [0.4, 0.5) is 0 Å².